The zero-order valence-electron chi connectivity index (χ0n) is 36.9. The summed E-state index contributed by atoms with van der Waals surface area (Å²) in [6, 6.07) is 32.2. The van der Waals surface area contributed by atoms with Crippen molar-refractivity contribution in [2.45, 2.75) is 89.7 Å². The molecule has 0 saturated carbocycles. The van der Waals surface area contributed by atoms with Crippen LogP contribution in [0.4, 0.5) is 15.3 Å². The summed E-state index contributed by atoms with van der Waals surface area (Å²) in [5.74, 6) is -0.945. The van der Waals surface area contributed by atoms with E-state index < -0.39 is 36.4 Å². The highest BCUT2D eigenvalue weighted by molar-refractivity contribution is 6.00. The lowest BCUT2D eigenvalue weighted by Crippen LogP contribution is -2.48. The third kappa shape index (κ3) is 9.59. The van der Waals surface area contributed by atoms with Gasteiger partial charge in [-0.2, -0.15) is 5.10 Å². The van der Waals surface area contributed by atoms with Crippen LogP contribution in [0.25, 0.3) is 33.4 Å². The molecule has 0 aliphatic carbocycles. The molecular weight excluding hydrogens is 825 g/mol. The van der Waals surface area contributed by atoms with Crippen LogP contribution in [0, 0.1) is 0 Å². The maximum Gasteiger partial charge on any atom is 0.408 e. The van der Waals surface area contributed by atoms with Crippen LogP contribution in [0.3, 0.4) is 0 Å². The number of fused-ring (bicyclic) bond motifs is 1. The van der Waals surface area contributed by atoms with Crippen molar-refractivity contribution in [1.29, 1.82) is 0 Å². The molecule has 5 amide bonds. The Balaban J connectivity index is 0.939. The number of rotatable bonds is 13. The number of amides is 5. The van der Waals surface area contributed by atoms with Crippen molar-refractivity contribution in [2.24, 2.45) is 0 Å². The molecule has 2 aliphatic heterocycles. The van der Waals surface area contributed by atoms with Gasteiger partial charge in [-0.1, -0.05) is 84.9 Å². The summed E-state index contributed by atoms with van der Waals surface area (Å²) >= 11 is 0. The van der Waals surface area contributed by atoms with Gasteiger partial charge < -0.3 is 35.3 Å². The van der Waals surface area contributed by atoms with E-state index in [0.29, 0.717) is 42.7 Å². The number of aromatic amines is 2. The lowest BCUT2D eigenvalue weighted by molar-refractivity contribution is -0.138. The monoisotopic (exact) mass is 878 g/mol. The van der Waals surface area contributed by atoms with Crippen LogP contribution in [-0.2, 0) is 19.1 Å². The van der Waals surface area contributed by atoms with Crippen molar-refractivity contribution < 1.29 is 33.8 Å². The minimum absolute atomic E-state index is 0.260. The number of alkyl carbamates (subject to hydrolysis) is 1. The molecule has 4 heterocycles. The number of benzene rings is 4. The number of carbonyl (C=O) groups excluding carboxylic acids is 4. The van der Waals surface area contributed by atoms with E-state index in [0.717, 1.165) is 52.0 Å². The van der Waals surface area contributed by atoms with Crippen LogP contribution in [-0.4, -0.2) is 96.2 Å². The molecule has 15 heteroatoms. The third-order valence-corrected chi connectivity index (χ3v) is 12.1. The third-order valence-electron chi connectivity index (χ3n) is 12.1. The highest BCUT2D eigenvalue weighted by Gasteiger charge is 2.41. The van der Waals surface area contributed by atoms with E-state index in [2.05, 4.69) is 25.8 Å². The average Bonchev–Trinajstić information content (AvgIpc) is 4.14. The first-order chi connectivity index (χ1) is 31.4. The zero-order chi connectivity index (χ0) is 45.8. The number of ether oxygens (including phenoxy) is 1. The van der Waals surface area contributed by atoms with Gasteiger partial charge in [0.05, 0.1) is 23.5 Å². The Labute approximate surface area is 377 Å². The van der Waals surface area contributed by atoms with E-state index in [9.17, 15) is 29.1 Å². The highest BCUT2D eigenvalue weighted by atomic mass is 16.6. The minimum atomic E-state index is -1.15. The summed E-state index contributed by atoms with van der Waals surface area (Å²) in [5, 5.41) is 24.6. The van der Waals surface area contributed by atoms with Crippen molar-refractivity contribution in [3.05, 3.63) is 132 Å². The van der Waals surface area contributed by atoms with Gasteiger partial charge in [0, 0.05) is 47.0 Å². The Kier molecular flexibility index (Phi) is 13.0. The summed E-state index contributed by atoms with van der Waals surface area (Å²) in [4.78, 5) is 75.2. The van der Waals surface area contributed by atoms with Crippen molar-refractivity contribution in [2.75, 3.05) is 18.4 Å². The molecule has 2 fully saturated rings. The van der Waals surface area contributed by atoms with Gasteiger partial charge in [0.25, 0.3) is 11.8 Å². The fourth-order valence-corrected chi connectivity index (χ4v) is 9.03. The molecule has 0 bridgehead atoms. The Morgan fingerprint density at radius 2 is 1.43 bits per heavy atom. The summed E-state index contributed by atoms with van der Waals surface area (Å²) in [5.41, 5.74) is 6.91. The van der Waals surface area contributed by atoms with Gasteiger partial charge in [-0.25, -0.2) is 9.59 Å². The van der Waals surface area contributed by atoms with Crippen LogP contribution in [0.2, 0.25) is 0 Å². The molecule has 2 saturated heterocycles. The van der Waals surface area contributed by atoms with Gasteiger partial charge in [0.1, 0.15) is 18.1 Å². The number of carboxylic acid groups (broad SMARTS) is 1. The normalized spacial score (nSPS) is 17.0. The number of nitrogens with one attached hydrogen (secondary N) is 4. The zero-order valence-corrected chi connectivity index (χ0v) is 36.9. The smallest absolute Gasteiger partial charge is 0.408 e. The van der Waals surface area contributed by atoms with E-state index in [4.69, 9.17) is 4.74 Å². The SMILES string of the molecule is CC(C)OC(=O)N[C@@H](C(=O)N1CCC[C@H]1C(=O)Nc1ccc2[nH]c(-c3ccc(-c4cc([C@@H]5CCCN5C(=O)[C@@H](c5ccccc5)N(C(=O)O)C(C)C)[nH]n4)cc3)cc2c1)c1ccccc1. The second kappa shape index (κ2) is 19.1. The first-order valence-electron chi connectivity index (χ1n) is 22.1. The van der Waals surface area contributed by atoms with Crippen LogP contribution < -0.4 is 10.6 Å². The van der Waals surface area contributed by atoms with Gasteiger partial charge in [0.2, 0.25) is 5.91 Å². The van der Waals surface area contributed by atoms with Gasteiger partial charge in [-0.05, 0) is 100 Å². The van der Waals surface area contributed by atoms with Gasteiger partial charge in [0.15, 0.2) is 0 Å². The van der Waals surface area contributed by atoms with Crippen molar-refractivity contribution in [1.82, 2.24) is 35.2 Å². The molecule has 6 aromatic rings. The van der Waals surface area contributed by atoms with Crippen LogP contribution in [0.15, 0.2) is 115 Å². The first-order valence-corrected chi connectivity index (χ1v) is 22.1. The fourth-order valence-electron chi connectivity index (χ4n) is 9.03. The molecule has 4 aromatic carbocycles. The summed E-state index contributed by atoms with van der Waals surface area (Å²) in [6.07, 6.45) is 0.405. The summed E-state index contributed by atoms with van der Waals surface area (Å²) < 4.78 is 5.28. The lowest BCUT2D eigenvalue weighted by Gasteiger charge is -2.36. The molecule has 2 aromatic heterocycles. The van der Waals surface area contributed by atoms with Crippen LogP contribution in [0.5, 0.6) is 0 Å². The summed E-state index contributed by atoms with van der Waals surface area (Å²) in [7, 11) is 0. The van der Waals surface area contributed by atoms with Gasteiger partial charge in [-0.3, -0.25) is 24.4 Å². The maximum absolute atomic E-state index is 14.3. The molecular formula is C50H54N8O7. The molecule has 0 radical (unpaired) electrons. The minimum Gasteiger partial charge on any atom is -0.465 e. The highest BCUT2D eigenvalue weighted by Crippen LogP contribution is 2.37. The second-order valence-electron chi connectivity index (χ2n) is 17.2. The number of nitrogens with zero attached hydrogens (tertiary/aromatic N) is 4. The molecule has 65 heavy (non-hydrogen) atoms. The van der Waals surface area contributed by atoms with Crippen molar-refractivity contribution >= 4 is 46.5 Å². The number of aromatic nitrogens is 3. The first kappa shape index (κ1) is 44.2. The fraction of sp³-hybridized carbons (Fsp3) is 0.320. The molecule has 5 N–H and O–H groups in total. The average molecular weight is 879 g/mol. The Bertz CT molecular complexity index is 2660. The molecule has 336 valence electrons. The number of hydrogen-bond donors (Lipinski definition) is 5. The van der Waals surface area contributed by atoms with E-state index in [1.54, 1.807) is 73.9 Å². The standard InChI is InChI=1S/C50H54N8O7/c1-30(2)58(50(63)64)45(35-15-9-6-10-16-35)48(61)56-25-11-17-42(56)41-29-40(54-55-41)33-21-19-32(20-22-33)39-28-36-27-37(23-24-38(36)52-39)51-46(59)43-18-12-26-57(43)47(60)44(34-13-7-5-8-14-34)53-49(62)65-31(3)4/h5-10,13-16,19-24,27-31,42-45,52H,11-12,17-18,25-26H2,1-4H3,(H,51,59)(H,53,62)(H,54,55)(H,63,64)/t42-,43-,44+,45+/m0/s1. The molecule has 8 rings (SSSR count). The van der Waals surface area contributed by atoms with Gasteiger partial charge >= 0.3 is 12.2 Å². The van der Waals surface area contributed by atoms with E-state index >= 15 is 0 Å². The van der Waals surface area contributed by atoms with Crippen molar-refractivity contribution in [3.63, 3.8) is 0 Å². The Hall–Kier alpha value is -7.42. The molecule has 0 unspecified atom stereocenters. The predicted molar refractivity (Wildman–Crippen MR) is 246 cm³/mol. The quantitative estimate of drug-likeness (QED) is 0.0760. The number of hydrogen-bond acceptors (Lipinski definition) is 7. The van der Waals surface area contributed by atoms with E-state index in [1.807, 2.05) is 78.9 Å². The van der Waals surface area contributed by atoms with E-state index in [-0.39, 0.29) is 29.9 Å². The summed E-state index contributed by atoms with van der Waals surface area (Å²) in [6.45, 7) is 7.90. The largest absolute Gasteiger partial charge is 0.465 e. The molecule has 4 atom stereocenters. The van der Waals surface area contributed by atoms with Gasteiger partial charge in [-0.15, -0.1) is 0 Å². The number of likely N-dealkylation sites (tertiary alicyclic amines) is 2. The Morgan fingerprint density at radius 1 is 0.769 bits per heavy atom. The number of H-pyrrole nitrogens is 2. The predicted octanol–water partition coefficient (Wildman–Crippen LogP) is 8.82. The topological polar surface area (TPSA) is 193 Å². The number of carbonyl (C=O) groups is 5. The second-order valence-corrected chi connectivity index (χ2v) is 17.2. The maximum atomic E-state index is 14.3. The van der Waals surface area contributed by atoms with Crippen LogP contribution in [0.1, 0.15) is 88.3 Å². The number of anilines is 1. The molecule has 15 nitrogen and oxygen atoms in total. The molecule has 0 spiro atoms. The van der Waals surface area contributed by atoms with Crippen LogP contribution >= 0.6 is 0 Å². The van der Waals surface area contributed by atoms with Crippen molar-refractivity contribution in [3.8, 4) is 22.5 Å². The lowest BCUT2D eigenvalue weighted by atomic mass is 10.0. The Morgan fingerprint density at radius 3 is 2.11 bits per heavy atom. The molecule has 2 aliphatic rings. The van der Waals surface area contributed by atoms with E-state index in [1.165, 1.54) is 4.90 Å².